The van der Waals surface area contributed by atoms with E-state index in [9.17, 15) is 17.6 Å². The number of rotatable bonds is 5. The van der Waals surface area contributed by atoms with Crippen molar-refractivity contribution in [3.63, 3.8) is 0 Å². The molecule has 0 aromatic heterocycles. The van der Waals surface area contributed by atoms with Gasteiger partial charge in [-0.05, 0) is 41.5 Å². The monoisotopic (exact) mass is 425 g/mol. The molecule has 0 aliphatic carbocycles. The van der Waals surface area contributed by atoms with Gasteiger partial charge in [0, 0.05) is 13.5 Å². The molecule has 1 aliphatic heterocycles. The van der Waals surface area contributed by atoms with Crippen LogP contribution in [0.2, 0.25) is 0 Å². The highest BCUT2D eigenvalue weighted by atomic mass is 32.2. The first-order valence-electron chi connectivity index (χ1n) is 9.43. The number of sulfone groups is 1. The van der Waals surface area contributed by atoms with Crippen molar-refractivity contribution < 1.29 is 22.3 Å². The second-order valence-corrected chi connectivity index (χ2v) is 9.25. The summed E-state index contributed by atoms with van der Waals surface area (Å²) < 4.78 is 44.7. The summed E-state index contributed by atoms with van der Waals surface area (Å²) >= 11 is 0. The summed E-state index contributed by atoms with van der Waals surface area (Å²) in [5.74, 6) is -0.871. The van der Waals surface area contributed by atoms with Gasteiger partial charge in [0.1, 0.15) is 11.9 Å². The number of benzene rings is 3. The largest absolute Gasteiger partial charge is 0.423 e. The third-order valence-electron chi connectivity index (χ3n) is 5.14. The first-order valence-corrected chi connectivity index (χ1v) is 11.1. The number of fused-ring (bicyclic) bond motifs is 1. The zero-order chi connectivity index (χ0) is 21.3. The molecule has 0 spiro atoms. The Balaban J connectivity index is 1.63. The lowest BCUT2D eigenvalue weighted by atomic mass is 10.0. The average Bonchev–Trinajstić information content (AvgIpc) is 2.71. The molecule has 154 valence electrons. The lowest BCUT2D eigenvalue weighted by Gasteiger charge is -2.34. The molecule has 4 rings (SSSR count). The van der Waals surface area contributed by atoms with Crippen LogP contribution in [-0.2, 0) is 26.8 Å². The molecule has 0 radical (unpaired) electrons. The number of carbonyl (C=O) groups excluding carboxylic acids is 1. The Morgan fingerprint density at radius 1 is 0.967 bits per heavy atom. The molecule has 1 heterocycles. The van der Waals surface area contributed by atoms with Crippen LogP contribution < -0.4 is 9.64 Å². The summed E-state index contributed by atoms with van der Waals surface area (Å²) in [5, 5.41) is 0. The van der Waals surface area contributed by atoms with Gasteiger partial charge in [0.25, 0.3) is 0 Å². The van der Waals surface area contributed by atoms with Crippen LogP contribution in [0.3, 0.4) is 0 Å². The summed E-state index contributed by atoms with van der Waals surface area (Å²) in [7, 11) is -1.96. The predicted molar refractivity (Wildman–Crippen MR) is 112 cm³/mol. The van der Waals surface area contributed by atoms with Gasteiger partial charge < -0.3 is 9.64 Å². The van der Waals surface area contributed by atoms with Gasteiger partial charge >= 0.3 is 5.97 Å². The number of likely N-dealkylation sites (N-methyl/N-ethyl adjacent to an activating group) is 1. The summed E-state index contributed by atoms with van der Waals surface area (Å²) in [6.45, 7) is 0. The van der Waals surface area contributed by atoms with Crippen LogP contribution in [0.25, 0.3) is 0 Å². The number of nitrogens with zero attached hydrogens (tertiary/aromatic N) is 1. The molecule has 7 heteroatoms. The van der Waals surface area contributed by atoms with Crippen LogP contribution in [-0.4, -0.2) is 27.5 Å². The first kappa shape index (κ1) is 20.1. The van der Waals surface area contributed by atoms with Crippen LogP contribution in [0, 0.1) is 5.82 Å². The van der Waals surface area contributed by atoms with Gasteiger partial charge in [0.15, 0.2) is 15.6 Å². The molecule has 0 bridgehead atoms. The highest BCUT2D eigenvalue weighted by Gasteiger charge is 2.33. The van der Waals surface area contributed by atoms with Crippen molar-refractivity contribution in [1.29, 1.82) is 0 Å². The number of halogens is 1. The molecule has 1 aliphatic rings. The third kappa shape index (κ3) is 4.07. The maximum Gasteiger partial charge on any atom is 0.334 e. The molecule has 0 amide bonds. The number of hydrogen-bond donors (Lipinski definition) is 0. The normalized spacial score (nSPS) is 16.1. The van der Waals surface area contributed by atoms with Crippen molar-refractivity contribution in [3.8, 4) is 5.75 Å². The zero-order valence-corrected chi connectivity index (χ0v) is 17.1. The van der Waals surface area contributed by atoms with Crippen molar-refractivity contribution in [3.05, 3.63) is 89.7 Å². The fraction of sp³-hybridized carbons (Fsp3) is 0.174. The van der Waals surface area contributed by atoms with Crippen LogP contribution in [0.1, 0.15) is 11.1 Å². The number of ether oxygens (including phenoxy) is 1. The van der Waals surface area contributed by atoms with Crippen molar-refractivity contribution in [2.75, 3.05) is 11.9 Å². The Morgan fingerprint density at radius 2 is 1.70 bits per heavy atom. The molecule has 0 fully saturated rings. The van der Waals surface area contributed by atoms with Gasteiger partial charge in [-0.15, -0.1) is 0 Å². The summed E-state index contributed by atoms with van der Waals surface area (Å²) in [4.78, 5) is 14.3. The summed E-state index contributed by atoms with van der Waals surface area (Å²) in [5.41, 5.74) is 1.87. The molecule has 0 N–H and O–H groups in total. The van der Waals surface area contributed by atoms with E-state index in [4.69, 9.17) is 4.74 Å². The highest BCUT2D eigenvalue weighted by Crippen LogP contribution is 2.36. The average molecular weight is 425 g/mol. The van der Waals surface area contributed by atoms with Gasteiger partial charge in [-0.25, -0.2) is 17.6 Å². The molecule has 3 aromatic rings. The van der Waals surface area contributed by atoms with E-state index in [1.807, 2.05) is 30.3 Å². The molecule has 0 unspecified atom stereocenters. The minimum absolute atomic E-state index is 0.0915. The van der Waals surface area contributed by atoms with E-state index in [1.54, 1.807) is 18.0 Å². The Morgan fingerprint density at radius 3 is 2.43 bits per heavy atom. The van der Waals surface area contributed by atoms with Crippen molar-refractivity contribution >= 4 is 21.5 Å². The first-order chi connectivity index (χ1) is 14.3. The van der Waals surface area contributed by atoms with Gasteiger partial charge in [-0.3, -0.25) is 0 Å². The van der Waals surface area contributed by atoms with E-state index in [-0.39, 0.29) is 16.6 Å². The van der Waals surface area contributed by atoms with Gasteiger partial charge in [0.05, 0.1) is 16.3 Å². The van der Waals surface area contributed by atoms with Crippen molar-refractivity contribution in [2.45, 2.75) is 23.1 Å². The third-order valence-corrected chi connectivity index (χ3v) is 6.82. The summed E-state index contributed by atoms with van der Waals surface area (Å²) in [6, 6.07) is 18.9. The standard InChI is InChI=1S/C23H20FNO4S/c1-25-20-14-19(30(27,28)15-17-8-5-9-18(24)12-17)10-11-22(20)29-23(26)21(25)13-16-6-3-2-4-7-16/h2-12,14,21H,13,15H2,1H3/t21-/m0/s1. The van der Waals surface area contributed by atoms with E-state index in [1.165, 1.54) is 36.4 Å². The van der Waals surface area contributed by atoms with Crippen LogP contribution >= 0.6 is 0 Å². The van der Waals surface area contributed by atoms with Crippen molar-refractivity contribution in [2.24, 2.45) is 0 Å². The Labute approximate surface area is 174 Å². The minimum Gasteiger partial charge on any atom is -0.423 e. The lowest BCUT2D eigenvalue weighted by molar-refractivity contribution is -0.136. The molecular weight excluding hydrogens is 405 g/mol. The van der Waals surface area contributed by atoms with E-state index >= 15 is 0 Å². The predicted octanol–water partition coefficient (Wildman–Crippen LogP) is 3.77. The minimum atomic E-state index is -3.71. The summed E-state index contributed by atoms with van der Waals surface area (Å²) in [6.07, 6.45) is 0.440. The Hall–Kier alpha value is -3.19. The number of esters is 1. The van der Waals surface area contributed by atoms with E-state index in [0.717, 1.165) is 5.56 Å². The fourth-order valence-corrected chi connectivity index (χ4v) is 4.89. The maximum absolute atomic E-state index is 13.4. The van der Waals surface area contributed by atoms with Gasteiger partial charge in [-0.2, -0.15) is 0 Å². The quantitative estimate of drug-likeness (QED) is 0.460. The molecule has 3 aromatic carbocycles. The van der Waals surface area contributed by atoms with Crippen LogP contribution in [0.5, 0.6) is 5.75 Å². The van der Waals surface area contributed by atoms with E-state index in [0.29, 0.717) is 23.4 Å². The second kappa shape index (κ2) is 7.91. The van der Waals surface area contributed by atoms with Gasteiger partial charge in [0.2, 0.25) is 0 Å². The van der Waals surface area contributed by atoms with E-state index in [2.05, 4.69) is 0 Å². The molecule has 0 saturated carbocycles. The molecule has 0 saturated heterocycles. The smallest absolute Gasteiger partial charge is 0.334 e. The van der Waals surface area contributed by atoms with E-state index < -0.39 is 21.7 Å². The molecule has 30 heavy (non-hydrogen) atoms. The topological polar surface area (TPSA) is 63.7 Å². The number of hydrogen-bond acceptors (Lipinski definition) is 5. The molecular formula is C23H20FNO4S. The zero-order valence-electron chi connectivity index (χ0n) is 16.3. The Kier molecular flexibility index (Phi) is 5.30. The Bertz CT molecular complexity index is 1190. The van der Waals surface area contributed by atoms with Crippen molar-refractivity contribution in [1.82, 2.24) is 0 Å². The molecule has 5 nitrogen and oxygen atoms in total. The lowest BCUT2D eigenvalue weighted by Crippen LogP contribution is -2.46. The highest BCUT2D eigenvalue weighted by molar-refractivity contribution is 7.90. The van der Waals surface area contributed by atoms with Crippen LogP contribution in [0.4, 0.5) is 10.1 Å². The SMILES string of the molecule is CN1c2cc(S(=O)(=O)Cc3cccc(F)c3)ccc2OC(=O)[C@@H]1Cc1ccccc1. The molecule has 1 atom stereocenters. The maximum atomic E-state index is 13.4. The number of anilines is 1. The van der Waals surface area contributed by atoms with Crippen LogP contribution in [0.15, 0.2) is 77.7 Å². The number of carbonyl (C=O) groups is 1. The second-order valence-electron chi connectivity index (χ2n) is 7.26. The van der Waals surface area contributed by atoms with Gasteiger partial charge in [-0.1, -0.05) is 42.5 Å². The fourth-order valence-electron chi connectivity index (χ4n) is 3.54.